The lowest BCUT2D eigenvalue weighted by Gasteiger charge is -2.40. The fourth-order valence-corrected chi connectivity index (χ4v) is 5.03. The molecular weight excluding hydrogens is 350 g/mol. The van der Waals surface area contributed by atoms with E-state index >= 15 is 0 Å². The Bertz CT molecular complexity index is 970. The smallest absolute Gasteiger partial charge is 0.142 e. The van der Waals surface area contributed by atoms with Gasteiger partial charge in [0.2, 0.25) is 0 Å². The molecule has 2 saturated heterocycles. The number of hydrogen-bond donors (Lipinski definition) is 1. The van der Waals surface area contributed by atoms with E-state index < -0.39 is 0 Å². The second-order valence-corrected chi connectivity index (χ2v) is 8.27. The number of likely N-dealkylation sites (tertiary alicyclic amines) is 1. The van der Waals surface area contributed by atoms with Crippen molar-refractivity contribution in [3.05, 3.63) is 48.4 Å². The average molecular weight is 377 g/mol. The van der Waals surface area contributed by atoms with Crippen molar-refractivity contribution >= 4 is 16.9 Å². The zero-order valence-corrected chi connectivity index (χ0v) is 16.4. The van der Waals surface area contributed by atoms with E-state index in [9.17, 15) is 0 Å². The van der Waals surface area contributed by atoms with Gasteiger partial charge in [0.05, 0.1) is 12.5 Å². The van der Waals surface area contributed by atoms with Crippen LogP contribution in [-0.2, 0) is 6.54 Å². The molecule has 28 heavy (non-hydrogen) atoms. The van der Waals surface area contributed by atoms with Crippen molar-refractivity contribution in [2.45, 2.75) is 25.8 Å². The number of hydrogen-bond acceptors (Lipinski definition) is 5. The number of rotatable bonds is 4. The number of methoxy groups -OCH3 is 1. The fourth-order valence-electron chi connectivity index (χ4n) is 5.03. The number of fused-ring (bicyclic) bond motifs is 1. The number of piperidine rings is 1. The lowest BCUT2D eigenvalue weighted by atomic mass is 9.79. The van der Waals surface area contributed by atoms with Crippen LogP contribution in [0, 0.1) is 5.41 Å². The average Bonchev–Trinajstić information content (AvgIpc) is 3.35. The first kappa shape index (κ1) is 17.5. The highest BCUT2D eigenvalue weighted by molar-refractivity contribution is 5.87. The van der Waals surface area contributed by atoms with Crippen molar-refractivity contribution in [1.29, 1.82) is 0 Å². The number of nitrogens with zero attached hydrogens (tertiary/aromatic N) is 4. The van der Waals surface area contributed by atoms with Crippen LogP contribution < -0.4 is 9.64 Å². The number of nitrogens with one attached hydrogen (secondary N) is 1. The monoisotopic (exact) mass is 377 g/mol. The van der Waals surface area contributed by atoms with Crippen LogP contribution in [0.5, 0.6) is 5.75 Å². The first-order chi connectivity index (χ1) is 13.7. The third kappa shape index (κ3) is 3.22. The highest BCUT2D eigenvalue weighted by Gasteiger charge is 2.42. The van der Waals surface area contributed by atoms with E-state index in [1.54, 1.807) is 13.4 Å². The number of aromatic nitrogens is 3. The van der Waals surface area contributed by atoms with Gasteiger partial charge >= 0.3 is 0 Å². The summed E-state index contributed by atoms with van der Waals surface area (Å²) in [5, 5.41) is 1.13. The molecule has 1 unspecified atom stereocenters. The molecule has 146 valence electrons. The van der Waals surface area contributed by atoms with Gasteiger partial charge in [-0.05, 0) is 49.6 Å². The topological polar surface area (TPSA) is 57.3 Å². The summed E-state index contributed by atoms with van der Waals surface area (Å²) in [6.45, 7) is 5.48. The Morgan fingerprint density at radius 1 is 1.14 bits per heavy atom. The predicted molar refractivity (Wildman–Crippen MR) is 111 cm³/mol. The van der Waals surface area contributed by atoms with E-state index in [2.05, 4.69) is 49.0 Å². The minimum absolute atomic E-state index is 0.366. The fraction of sp³-hybridized carbons (Fsp3) is 0.455. The van der Waals surface area contributed by atoms with Crippen molar-refractivity contribution in [3.8, 4) is 5.75 Å². The molecule has 2 aliphatic heterocycles. The van der Waals surface area contributed by atoms with Crippen LogP contribution in [0.2, 0.25) is 0 Å². The van der Waals surface area contributed by atoms with Crippen LogP contribution >= 0.6 is 0 Å². The number of H-pyrrole nitrogens is 1. The Balaban J connectivity index is 1.31. The molecule has 4 heterocycles. The van der Waals surface area contributed by atoms with Crippen molar-refractivity contribution in [2.75, 3.05) is 38.2 Å². The molecule has 2 fully saturated rings. The molecule has 1 aromatic carbocycles. The standard InChI is InChI=1S/C22H27N5O/c1-28-18-5-2-4-17(12-18)13-26-10-3-7-22(14-26)8-11-27(15-22)21-19-6-9-23-20(19)24-16-25-21/h2,4-6,9,12,16H,3,7-8,10-11,13-15H2,1H3,(H,23,24,25). The normalized spacial score (nSPS) is 23.0. The van der Waals surface area contributed by atoms with E-state index in [-0.39, 0.29) is 0 Å². The quantitative estimate of drug-likeness (QED) is 0.755. The highest BCUT2D eigenvalue weighted by Crippen LogP contribution is 2.41. The van der Waals surface area contributed by atoms with Gasteiger partial charge in [0.15, 0.2) is 0 Å². The number of benzene rings is 1. The summed E-state index contributed by atoms with van der Waals surface area (Å²) >= 11 is 0. The summed E-state index contributed by atoms with van der Waals surface area (Å²) in [6.07, 6.45) is 7.43. The van der Waals surface area contributed by atoms with Crippen LogP contribution in [-0.4, -0.2) is 53.1 Å². The largest absolute Gasteiger partial charge is 0.497 e. The van der Waals surface area contributed by atoms with Gasteiger partial charge in [0, 0.05) is 37.8 Å². The maximum atomic E-state index is 5.39. The van der Waals surface area contributed by atoms with Gasteiger partial charge in [0.1, 0.15) is 23.5 Å². The molecule has 0 bridgehead atoms. The molecule has 3 aromatic rings. The Morgan fingerprint density at radius 2 is 2.11 bits per heavy atom. The van der Waals surface area contributed by atoms with Crippen LogP contribution in [0.3, 0.4) is 0 Å². The summed E-state index contributed by atoms with van der Waals surface area (Å²) in [5.41, 5.74) is 2.62. The van der Waals surface area contributed by atoms with Gasteiger partial charge in [-0.1, -0.05) is 12.1 Å². The zero-order valence-electron chi connectivity index (χ0n) is 16.4. The van der Waals surface area contributed by atoms with Crippen molar-refractivity contribution in [1.82, 2.24) is 19.9 Å². The van der Waals surface area contributed by atoms with Crippen LogP contribution in [0.1, 0.15) is 24.8 Å². The van der Waals surface area contributed by atoms with E-state index in [0.29, 0.717) is 5.41 Å². The van der Waals surface area contributed by atoms with Crippen LogP contribution in [0.4, 0.5) is 5.82 Å². The minimum atomic E-state index is 0.366. The Hall–Kier alpha value is -2.60. The summed E-state index contributed by atoms with van der Waals surface area (Å²) in [6, 6.07) is 10.5. The summed E-state index contributed by atoms with van der Waals surface area (Å²) < 4.78 is 5.39. The highest BCUT2D eigenvalue weighted by atomic mass is 16.5. The molecule has 5 rings (SSSR count). The molecule has 0 saturated carbocycles. The van der Waals surface area contributed by atoms with E-state index in [1.165, 1.54) is 31.4 Å². The predicted octanol–water partition coefficient (Wildman–Crippen LogP) is 3.46. The molecule has 6 heteroatoms. The third-order valence-corrected chi connectivity index (χ3v) is 6.35. The second-order valence-electron chi connectivity index (χ2n) is 8.27. The summed E-state index contributed by atoms with van der Waals surface area (Å²) in [5.74, 6) is 2.02. The zero-order chi connectivity index (χ0) is 19.0. The van der Waals surface area contributed by atoms with Gasteiger partial charge < -0.3 is 14.6 Å². The maximum absolute atomic E-state index is 5.39. The number of aromatic amines is 1. The molecule has 1 spiro atoms. The molecular formula is C22H27N5O. The first-order valence-corrected chi connectivity index (χ1v) is 10.1. The summed E-state index contributed by atoms with van der Waals surface area (Å²) in [4.78, 5) is 17.2. The lowest BCUT2D eigenvalue weighted by molar-refractivity contribution is 0.0991. The van der Waals surface area contributed by atoms with Gasteiger partial charge in [-0.3, -0.25) is 4.90 Å². The Morgan fingerprint density at radius 3 is 3.04 bits per heavy atom. The van der Waals surface area contributed by atoms with E-state index in [1.807, 2.05) is 12.3 Å². The van der Waals surface area contributed by atoms with Gasteiger partial charge in [-0.2, -0.15) is 0 Å². The maximum Gasteiger partial charge on any atom is 0.142 e. The molecule has 6 nitrogen and oxygen atoms in total. The van der Waals surface area contributed by atoms with Crippen LogP contribution in [0.25, 0.3) is 11.0 Å². The van der Waals surface area contributed by atoms with Crippen molar-refractivity contribution < 1.29 is 4.74 Å². The van der Waals surface area contributed by atoms with Crippen LogP contribution in [0.15, 0.2) is 42.9 Å². The number of ether oxygens (including phenoxy) is 1. The molecule has 0 amide bonds. The molecule has 0 aliphatic carbocycles. The molecule has 1 atom stereocenters. The van der Waals surface area contributed by atoms with Crippen molar-refractivity contribution in [2.24, 2.45) is 5.41 Å². The Kier molecular flexibility index (Phi) is 4.43. The SMILES string of the molecule is COc1cccc(CN2CCCC3(CCN(c4ncnc5[nH]ccc45)C3)C2)c1. The molecule has 2 aromatic heterocycles. The number of anilines is 1. The lowest BCUT2D eigenvalue weighted by Crippen LogP contribution is -2.44. The van der Waals surface area contributed by atoms with E-state index in [0.717, 1.165) is 48.8 Å². The molecule has 2 aliphatic rings. The van der Waals surface area contributed by atoms with E-state index in [4.69, 9.17) is 4.74 Å². The second kappa shape index (κ2) is 7.09. The minimum Gasteiger partial charge on any atom is -0.497 e. The first-order valence-electron chi connectivity index (χ1n) is 10.1. The van der Waals surface area contributed by atoms with Gasteiger partial charge in [-0.25, -0.2) is 9.97 Å². The van der Waals surface area contributed by atoms with Gasteiger partial charge in [-0.15, -0.1) is 0 Å². The van der Waals surface area contributed by atoms with Gasteiger partial charge in [0.25, 0.3) is 0 Å². The molecule has 0 radical (unpaired) electrons. The Labute approximate surface area is 165 Å². The summed E-state index contributed by atoms with van der Waals surface area (Å²) in [7, 11) is 1.73. The third-order valence-electron chi connectivity index (χ3n) is 6.35. The van der Waals surface area contributed by atoms with Crippen molar-refractivity contribution in [3.63, 3.8) is 0 Å². The molecule has 1 N–H and O–H groups in total.